The minimum absolute atomic E-state index is 1.06. The number of halogens is 1. The molecule has 1 aromatic heterocycles. The van der Waals surface area contributed by atoms with Gasteiger partial charge in [0.1, 0.15) is 0 Å². The van der Waals surface area contributed by atoms with Crippen LogP contribution in [0.2, 0.25) is 0 Å². The van der Waals surface area contributed by atoms with Crippen LogP contribution >= 0.6 is 26.9 Å². The van der Waals surface area contributed by atoms with E-state index in [1.165, 1.54) is 59.9 Å². The first kappa shape index (κ1) is 23.8. The monoisotopic (exact) mass is 619 g/mol. The summed E-state index contributed by atoms with van der Waals surface area (Å²) < 4.78 is 0. The summed E-state index contributed by atoms with van der Waals surface area (Å²) in [5.74, 6) is 0. The second-order valence-corrected chi connectivity index (χ2v) is 22.1. The molecule has 184 valence electrons. The molecule has 0 aliphatic heterocycles. The van der Waals surface area contributed by atoms with E-state index in [9.17, 15) is 0 Å². The van der Waals surface area contributed by atoms with E-state index < -0.39 is 4.90 Å². The number of fused-ring (bicyclic) bond motifs is 6. The van der Waals surface area contributed by atoms with Crippen molar-refractivity contribution in [3.05, 3.63) is 121 Å². The number of pyridine rings is 1. The van der Waals surface area contributed by atoms with Gasteiger partial charge in [-0.15, -0.1) is 0 Å². The summed E-state index contributed by atoms with van der Waals surface area (Å²) in [5.41, 5.74) is 7.13. The first-order chi connectivity index (χ1) is 18.5. The third kappa shape index (κ3) is 3.99. The van der Waals surface area contributed by atoms with Crippen LogP contribution in [-0.4, -0.2) is 18.3 Å². The van der Waals surface area contributed by atoms with Gasteiger partial charge in [-0.1, -0.05) is 12.1 Å². The summed E-state index contributed by atoms with van der Waals surface area (Å²) in [5, 5.41) is 8.68. The van der Waals surface area contributed by atoms with Crippen molar-refractivity contribution in [1.29, 1.82) is 0 Å². The Morgan fingerprint density at radius 2 is 1.03 bits per heavy atom. The zero-order valence-electron chi connectivity index (χ0n) is 21.4. The first-order valence-corrected chi connectivity index (χ1v) is 19.1. The van der Waals surface area contributed by atoms with Crippen molar-refractivity contribution < 1.29 is 0 Å². The van der Waals surface area contributed by atoms with E-state index in [0.717, 1.165) is 11.0 Å². The fraction of sp³-hybridized carbons (Fsp3) is 0.0571. The maximum absolute atomic E-state index is 5.34. The molecule has 0 saturated heterocycles. The summed E-state index contributed by atoms with van der Waals surface area (Å²) in [6, 6.07) is 44.3. The van der Waals surface area contributed by atoms with Crippen molar-refractivity contribution in [2.75, 3.05) is 13.3 Å². The number of hydrogen-bond donors (Lipinski definition) is 0. The third-order valence-corrected chi connectivity index (χ3v) is 11.1. The molecule has 0 unspecified atom stereocenters. The molecule has 38 heavy (non-hydrogen) atoms. The van der Waals surface area contributed by atoms with E-state index in [-0.39, 0.29) is 0 Å². The van der Waals surface area contributed by atoms with Crippen LogP contribution in [0.3, 0.4) is 0 Å². The predicted molar refractivity (Wildman–Crippen MR) is 179 cm³/mol. The molecule has 0 amide bonds. The maximum atomic E-state index is 5.34. The van der Waals surface area contributed by atoms with Gasteiger partial charge in [-0.3, -0.25) is 0 Å². The molecule has 0 saturated carbocycles. The summed E-state index contributed by atoms with van der Waals surface area (Å²) in [7, 11) is 0. The van der Waals surface area contributed by atoms with Gasteiger partial charge in [0.25, 0.3) is 0 Å². The van der Waals surface area contributed by atoms with Crippen molar-refractivity contribution in [2.24, 2.45) is 0 Å². The number of nitrogens with zero attached hydrogens (tertiary/aromatic N) is 1. The number of benzene rings is 6. The molecule has 0 aliphatic rings. The Labute approximate surface area is 236 Å². The van der Waals surface area contributed by atoms with E-state index in [2.05, 4.69) is 157 Å². The second-order valence-electron chi connectivity index (χ2n) is 10.5. The molecule has 0 N–H and O–H groups in total. The van der Waals surface area contributed by atoms with Crippen LogP contribution < -0.4 is 5.30 Å². The topological polar surface area (TPSA) is 12.9 Å². The molecule has 0 aliphatic carbocycles. The van der Waals surface area contributed by atoms with Gasteiger partial charge in [-0.25, -0.2) is 0 Å². The Morgan fingerprint density at radius 1 is 0.500 bits per heavy atom. The average molecular weight is 619 g/mol. The van der Waals surface area contributed by atoms with Crippen LogP contribution in [0.25, 0.3) is 65.6 Å². The zero-order valence-corrected chi connectivity index (χ0v) is 24.5. The Bertz CT molecular complexity index is 1930. The molecule has 0 spiro atoms. The number of rotatable bonds is 3. The van der Waals surface area contributed by atoms with Gasteiger partial charge in [0, 0.05) is 0 Å². The molecule has 1 heterocycles. The van der Waals surface area contributed by atoms with Gasteiger partial charge in [0.2, 0.25) is 0 Å². The minimum atomic E-state index is -1.44. The summed E-state index contributed by atoms with van der Waals surface area (Å²) in [6.45, 7) is 4.79. The van der Waals surface area contributed by atoms with Crippen LogP contribution in [0.4, 0.5) is 0 Å². The van der Waals surface area contributed by atoms with E-state index >= 15 is 0 Å². The average Bonchev–Trinajstić information content (AvgIpc) is 2.95. The Hall–Kier alpha value is -3.33. The summed E-state index contributed by atoms with van der Waals surface area (Å²) in [4.78, 5) is 3.91. The van der Waals surface area contributed by atoms with Crippen molar-refractivity contribution in [3.63, 3.8) is 0 Å². The molecule has 0 atom stereocenters. The molecule has 0 bridgehead atoms. The Balaban J connectivity index is 1.56. The summed E-state index contributed by atoms with van der Waals surface area (Å²) >= 11 is 2.66. The molecule has 7 rings (SSSR count). The van der Waals surface area contributed by atoms with Gasteiger partial charge in [-0.05, 0) is 0 Å². The number of aromatic nitrogens is 1. The Kier molecular flexibility index (Phi) is 5.72. The van der Waals surface area contributed by atoms with Gasteiger partial charge in [0.05, 0.1) is 0 Å². The second kappa shape index (κ2) is 9.15. The van der Waals surface area contributed by atoms with Gasteiger partial charge >= 0.3 is 225 Å². The van der Waals surface area contributed by atoms with Crippen molar-refractivity contribution in [2.45, 2.75) is 0 Å². The van der Waals surface area contributed by atoms with Crippen molar-refractivity contribution in [1.82, 2.24) is 4.98 Å². The molecule has 0 radical (unpaired) electrons. The molecule has 0 fully saturated rings. The molecule has 7 aromatic rings. The van der Waals surface area contributed by atoms with Gasteiger partial charge < -0.3 is 0 Å². The fourth-order valence-electron chi connectivity index (χ4n) is 5.65. The quantitative estimate of drug-likeness (QED) is 0.0831. The normalized spacial score (nSPS) is 12.5. The Morgan fingerprint density at radius 3 is 1.63 bits per heavy atom. The molecule has 6 aromatic carbocycles. The van der Waals surface area contributed by atoms with Crippen molar-refractivity contribution >= 4 is 75.6 Å². The first-order valence-electron chi connectivity index (χ1n) is 13.0. The van der Waals surface area contributed by atoms with E-state index in [0.29, 0.717) is 0 Å². The SMILES string of the molecule is C[PH](C)(I)c1cccc(-c2cccc(-c3c4ccc5ccccc5c4nc4c3ccc3ccccc34)c2)c1. The molecular weight excluding hydrogens is 592 g/mol. The van der Waals surface area contributed by atoms with E-state index in [1.54, 1.807) is 0 Å². The zero-order chi connectivity index (χ0) is 25.9. The van der Waals surface area contributed by atoms with Gasteiger partial charge in [0.15, 0.2) is 0 Å². The van der Waals surface area contributed by atoms with Crippen LogP contribution in [0.5, 0.6) is 0 Å². The predicted octanol–water partition coefficient (Wildman–Crippen LogP) is 10.0. The van der Waals surface area contributed by atoms with Crippen molar-refractivity contribution in [3.8, 4) is 22.3 Å². The van der Waals surface area contributed by atoms with Crippen LogP contribution in [-0.2, 0) is 0 Å². The number of hydrogen-bond acceptors (Lipinski definition) is 1. The molecule has 1 nitrogen and oxygen atoms in total. The van der Waals surface area contributed by atoms with Gasteiger partial charge in [-0.2, -0.15) is 0 Å². The van der Waals surface area contributed by atoms with Crippen LogP contribution in [0.15, 0.2) is 121 Å². The molecule has 3 heteroatoms. The van der Waals surface area contributed by atoms with E-state index in [4.69, 9.17) is 4.98 Å². The van der Waals surface area contributed by atoms with E-state index in [1.807, 2.05) is 0 Å². The van der Waals surface area contributed by atoms with Crippen LogP contribution in [0.1, 0.15) is 0 Å². The standard InChI is InChI=1S/C35H27INP/c1-38(2,36)28-14-8-12-26(22-28)25-11-7-13-27(21-25)33-31-19-17-23-9-3-5-15-29(23)34(31)37-35-30-16-6-4-10-24(30)18-20-32(33)35/h3-22,38H,1-2H3. The summed E-state index contributed by atoms with van der Waals surface area (Å²) in [6.07, 6.45) is 0. The van der Waals surface area contributed by atoms with Crippen LogP contribution in [0, 0.1) is 0 Å². The fourth-order valence-corrected chi connectivity index (χ4v) is 7.64. The third-order valence-electron chi connectivity index (χ3n) is 7.60. The molecular formula is C35H27INP.